The van der Waals surface area contributed by atoms with Crippen molar-refractivity contribution in [1.82, 2.24) is 0 Å². The molecular weight excluding hydrogens is 300 g/mol. The molecule has 3 nitrogen and oxygen atoms in total. The number of aromatic carboxylic acids is 1. The number of carboxylic acids is 1. The lowest BCUT2D eigenvalue weighted by Gasteiger charge is -2.14. The van der Waals surface area contributed by atoms with Gasteiger partial charge in [-0.3, -0.25) is 0 Å². The molecule has 0 saturated carbocycles. The van der Waals surface area contributed by atoms with Crippen molar-refractivity contribution >= 4 is 5.97 Å². The SMILES string of the molecule is O=C([O-])c1ccccc1OCc1ccccc1Cc1ccccc1. The number of hydrogen-bond acceptors (Lipinski definition) is 3. The van der Waals surface area contributed by atoms with Crippen LogP contribution in [0.5, 0.6) is 5.75 Å². The lowest BCUT2D eigenvalue weighted by molar-refractivity contribution is -0.255. The van der Waals surface area contributed by atoms with Crippen molar-refractivity contribution in [3.05, 3.63) is 101 Å². The van der Waals surface area contributed by atoms with Gasteiger partial charge in [-0.25, -0.2) is 0 Å². The summed E-state index contributed by atoms with van der Waals surface area (Å²) in [7, 11) is 0. The van der Waals surface area contributed by atoms with Crippen LogP contribution in [-0.4, -0.2) is 5.97 Å². The number of benzene rings is 3. The van der Waals surface area contributed by atoms with Crippen LogP contribution in [0.1, 0.15) is 27.0 Å². The van der Waals surface area contributed by atoms with Crippen LogP contribution in [0.3, 0.4) is 0 Å². The van der Waals surface area contributed by atoms with E-state index in [4.69, 9.17) is 4.74 Å². The van der Waals surface area contributed by atoms with E-state index in [0.717, 1.165) is 17.5 Å². The van der Waals surface area contributed by atoms with Crippen LogP contribution in [0.25, 0.3) is 0 Å². The smallest absolute Gasteiger partial charge is 0.128 e. The van der Waals surface area contributed by atoms with Gasteiger partial charge >= 0.3 is 0 Å². The average Bonchev–Trinajstić information content (AvgIpc) is 2.62. The quantitative estimate of drug-likeness (QED) is 0.701. The number of carboxylic acid groups (broad SMARTS) is 1. The molecule has 3 heteroatoms. The van der Waals surface area contributed by atoms with E-state index in [1.54, 1.807) is 18.2 Å². The second kappa shape index (κ2) is 7.47. The van der Waals surface area contributed by atoms with E-state index in [1.807, 2.05) is 36.4 Å². The summed E-state index contributed by atoms with van der Waals surface area (Å²) in [5.74, 6) is -0.907. The molecular formula is C21H17O3-. The van der Waals surface area contributed by atoms with Gasteiger partial charge in [0.1, 0.15) is 12.4 Å². The number of carbonyl (C=O) groups is 1. The van der Waals surface area contributed by atoms with E-state index < -0.39 is 5.97 Å². The molecule has 24 heavy (non-hydrogen) atoms. The van der Waals surface area contributed by atoms with Crippen LogP contribution in [0, 0.1) is 0 Å². The molecule has 0 spiro atoms. The fraction of sp³-hybridized carbons (Fsp3) is 0.0952. The molecule has 0 radical (unpaired) electrons. The molecule has 3 aromatic rings. The predicted octanol–water partition coefficient (Wildman–Crippen LogP) is 3.22. The van der Waals surface area contributed by atoms with E-state index in [1.165, 1.54) is 11.6 Å². The molecule has 0 aromatic heterocycles. The maximum absolute atomic E-state index is 11.2. The standard InChI is InChI=1S/C21H18O3/c22-21(23)19-12-6-7-13-20(19)24-15-18-11-5-4-10-17(18)14-16-8-2-1-3-9-16/h1-13H,14-15H2,(H,22,23)/p-1. The summed E-state index contributed by atoms with van der Waals surface area (Å²) in [4.78, 5) is 11.2. The maximum Gasteiger partial charge on any atom is 0.128 e. The van der Waals surface area contributed by atoms with E-state index in [9.17, 15) is 9.90 Å². The molecule has 0 saturated heterocycles. The zero-order valence-electron chi connectivity index (χ0n) is 13.1. The van der Waals surface area contributed by atoms with Crippen molar-refractivity contribution in [3.63, 3.8) is 0 Å². The average molecular weight is 317 g/mol. The third-order valence-electron chi connectivity index (χ3n) is 3.85. The monoisotopic (exact) mass is 317 g/mol. The molecule has 0 fully saturated rings. The van der Waals surface area contributed by atoms with Gasteiger partial charge in [0, 0.05) is 5.56 Å². The lowest BCUT2D eigenvalue weighted by Crippen LogP contribution is -2.23. The number of carbonyl (C=O) groups excluding carboxylic acids is 1. The van der Waals surface area contributed by atoms with Crippen molar-refractivity contribution in [3.8, 4) is 5.75 Å². The topological polar surface area (TPSA) is 49.4 Å². The summed E-state index contributed by atoms with van der Waals surface area (Å²) >= 11 is 0. The fourth-order valence-electron chi connectivity index (χ4n) is 2.60. The number of hydrogen-bond donors (Lipinski definition) is 0. The highest BCUT2D eigenvalue weighted by Gasteiger charge is 2.07. The Morgan fingerprint density at radius 2 is 1.42 bits per heavy atom. The Kier molecular flexibility index (Phi) is 4.92. The molecule has 120 valence electrons. The van der Waals surface area contributed by atoms with Gasteiger partial charge in [0.2, 0.25) is 0 Å². The first-order valence-corrected chi connectivity index (χ1v) is 7.78. The molecule has 0 amide bonds. The van der Waals surface area contributed by atoms with E-state index in [0.29, 0.717) is 12.4 Å². The number of ether oxygens (including phenoxy) is 1. The highest BCUT2D eigenvalue weighted by atomic mass is 16.5. The lowest BCUT2D eigenvalue weighted by atomic mass is 10.0. The molecule has 0 aliphatic rings. The first-order valence-electron chi connectivity index (χ1n) is 7.78. The van der Waals surface area contributed by atoms with Crippen molar-refractivity contribution < 1.29 is 14.6 Å². The van der Waals surface area contributed by atoms with Gasteiger partial charge in [-0.1, -0.05) is 66.7 Å². The van der Waals surface area contributed by atoms with Crippen molar-refractivity contribution in [2.75, 3.05) is 0 Å². The molecule has 0 aliphatic carbocycles. The summed E-state index contributed by atoms with van der Waals surface area (Å²) in [6.45, 7) is 0.313. The van der Waals surface area contributed by atoms with Crippen LogP contribution in [0.2, 0.25) is 0 Å². The number of rotatable bonds is 6. The molecule has 0 unspecified atom stereocenters. The molecule has 0 N–H and O–H groups in total. The van der Waals surface area contributed by atoms with E-state index >= 15 is 0 Å². The van der Waals surface area contributed by atoms with E-state index in [-0.39, 0.29) is 5.56 Å². The second-order valence-electron chi connectivity index (χ2n) is 5.50. The summed E-state index contributed by atoms with van der Waals surface area (Å²) in [6, 6.07) is 24.8. The largest absolute Gasteiger partial charge is 0.545 e. The minimum absolute atomic E-state index is 0.0676. The van der Waals surface area contributed by atoms with Gasteiger partial charge in [0.05, 0.1) is 5.97 Å². The van der Waals surface area contributed by atoms with Crippen LogP contribution in [-0.2, 0) is 13.0 Å². The molecule has 0 aliphatic heterocycles. The summed E-state index contributed by atoms with van der Waals surface area (Å²) < 4.78 is 5.74. The Balaban J connectivity index is 1.78. The molecule has 0 atom stereocenters. The van der Waals surface area contributed by atoms with Gasteiger partial charge in [0.25, 0.3) is 0 Å². The highest BCUT2D eigenvalue weighted by molar-refractivity contribution is 5.89. The van der Waals surface area contributed by atoms with Gasteiger partial charge in [-0.15, -0.1) is 0 Å². The first kappa shape index (κ1) is 15.8. The van der Waals surface area contributed by atoms with Gasteiger partial charge in [-0.05, 0) is 35.2 Å². The highest BCUT2D eigenvalue weighted by Crippen LogP contribution is 2.21. The fourth-order valence-corrected chi connectivity index (χ4v) is 2.60. The van der Waals surface area contributed by atoms with Crippen molar-refractivity contribution in [2.24, 2.45) is 0 Å². The van der Waals surface area contributed by atoms with Crippen molar-refractivity contribution in [2.45, 2.75) is 13.0 Å². The number of para-hydroxylation sites is 1. The Labute approximate surface area is 141 Å². The summed E-state index contributed by atoms with van der Waals surface area (Å²) in [5.41, 5.74) is 3.49. The Morgan fingerprint density at radius 1 is 0.792 bits per heavy atom. The third kappa shape index (κ3) is 3.82. The Hall–Kier alpha value is -3.07. The van der Waals surface area contributed by atoms with Crippen molar-refractivity contribution in [1.29, 1.82) is 0 Å². The normalized spacial score (nSPS) is 10.3. The molecule has 0 bridgehead atoms. The van der Waals surface area contributed by atoms with Gasteiger partial charge in [-0.2, -0.15) is 0 Å². The first-order chi connectivity index (χ1) is 11.7. The molecule has 3 rings (SSSR count). The third-order valence-corrected chi connectivity index (χ3v) is 3.85. The summed E-state index contributed by atoms with van der Waals surface area (Å²) in [6.07, 6.45) is 0.808. The zero-order chi connectivity index (χ0) is 16.8. The molecule has 3 aromatic carbocycles. The van der Waals surface area contributed by atoms with Crippen LogP contribution in [0.15, 0.2) is 78.9 Å². The minimum Gasteiger partial charge on any atom is -0.545 e. The Bertz CT molecular complexity index is 825. The van der Waals surface area contributed by atoms with Crippen LogP contribution >= 0.6 is 0 Å². The maximum atomic E-state index is 11.2. The molecule has 0 heterocycles. The van der Waals surface area contributed by atoms with E-state index in [2.05, 4.69) is 18.2 Å². The zero-order valence-corrected chi connectivity index (χ0v) is 13.1. The van der Waals surface area contributed by atoms with Crippen LogP contribution in [0.4, 0.5) is 0 Å². The van der Waals surface area contributed by atoms with Gasteiger partial charge in [0.15, 0.2) is 0 Å². The minimum atomic E-state index is -1.23. The van der Waals surface area contributed by atoms with Crippen LogP contribution < -0.4 is 9.84 Å². The Morgan fingerprint density at radius 3 is 2.17 bits per heavy atom. The predicted molar refractivity (Wildman–Crippen MR) is 90.8 cm³/mol. The summed E-state index contributed by atoms with van der Waals surface area (Å²) in [5, 5.41) is 11.2. The van der Waals surface area contributed by atoms with Gasteiger partial charge < -0.3 is 14.6 Å². The second-order valence-corrected chi connectivity index (χ2v) is 5.50.